The van der Waals surface area contributed by atoms with Gasteiger partial charge in [0.05, 0.1) is 19.0 Å². The molecule has 2 aromatic rings. The number of fused-ring (bicyclic) bond motifs is 1. The van der Waals surface area contributed by atoms with E-state index >= 15 is 0 Å². The fourth-order valence-corrected chi connectivity index (χ4v) is 3.68. The lowest BCUT2D eigenvalue weighted by Gasteiger charge is -2.18. The largest absolute Gasteiger partial charge is 0.325 e. The molecule has 2 amide bonds. The predicted octanol–water partition coefficient (Wildman–Crippen LogP) is 3.54. The van der Waals surface area contributed by atoms with Crippen LogP contribution >= 0.6 is 24.0 Å². The minimum Gasteiger partial charge on any atom is -0.325 e. The number of carbonyl (C=O) groups is 2. The number of halogens is 2. The van der Waals surface area contributed by atoms with E-state index in [2.05, 4.69) is 10.6 Å². The topological polar surface area (TPSA) is 61.4 Å². The number of hydrogen-bond acceptors (Lipinski definition) is 3. The van der Waals surface area contributed by atoms with Crippen molar-refractivity contribution in [2.24, 2.45) is 0 Å². The Morgan fingerprint density at radius 1 is 1.22 bits per heavy atom. The molecule has 1 saturated heterocycles. The van der Waals surface area contributed by atoms with Crippen LogP contribution in [0.25, 0.3) is 0 Å². The van der Waals surface area contributed by atoms with Crippen LogP contribution in [0.3, 0.4) is 0 Å². The van der Waals surface area contributed by atoms with E-state index in [1.54, 1.807) is 4.90 Å². The quantitative estimate of drug-likeness (QED) is 0.817. The maximum atomic E-state index is 12.3. The third kappa shape index (κ3) is 4.26. The Balaban J connectivity index is 0.00000210. The summed E-state index contributed by atoms with van der Waals surface area (Å²) >= 11 is 6.08. The van der Waals surface area contributed by atoms with Crippen molar-refractivity contribution in [3.63, 3.8) is 0 Å². The van der Waals surface area contributed by atoms with E-state index in [9.17, 15) is 9.59 Å². The Morgan fingerprint density at radius 2 is 2.00 bits per heavy atom. The second kappa shape index (κ2) is 8.30. The summed E-state index contributed by atoms with van der Waals surface area (Å²) in [7, 11) is 0. The molecule has 0 spiro atoms. The summed E-state index contributed by atoms with van der Waals surface area (Å²) < 4.78 is 0. The highest BCUT2D eigenvalue weighted by molar-refractivity contribution is 6.31. The summed E-state index contributed by atoms with van der Waals surface area (Å²) in [6.45, 7) is 1.39. The Labute approximate surface area is 169 Å². The molecular weight excluding hydrogens is 385 g/mol. The number of carbonyl (C=O) groups excluding carboxylic acids is 2. The van der Waals surface area contributed by atoms with Crippen LogP contribution in [0.2, 0.25) is 5.02 Å². The lowest BCUT2D eigenvalue weighted by molar-refractivity contribution is -0.118. The first kappa shape index (κ1) is 19.7. The van der Waals surface area contributed by atoms with Crippen LogP contribution < -0.4 is 15.5 Å². The molecule has 1 fully saturated rings. The lowest BCUT2D eigenvalue weighted by atomic mass is 10.1. The van der Waals surface area contributed by atoms with E-state index in [1.165, 1.54) is 0 Å². The molecule has 0 aliphatic carbocycles. The molecule has 2 N–H and O–H groups in total. The van der Waals surface area contributed by atoms with Crippen LogP contribution in [0.15, 0.2) is 42.5 Å². The molecule has 1 atom stereocenters. The summed E-state index contributed by atoms with van der Waals surface area (Å²) in [5.41, 5.74) is 3.66. The summed E-state index contributed by atoms with van der Waals surface area (Å²) in [5.74, 6) is 0.0838. The van der Waals surface area contributed by atoms with Gasteiger partial charge in [0.2, 0.25) is 11.8 Å². The van der Waals surface area contributed by atoms with Gasteiger partial charge in [-0.05, 0) is 54.8 Å². The highest BCUT2D eigenvalue weighted by Crippen LogP contribution is 2.32. The first-order chi connectivity index (χ1) is 12.6. The van der Waals surface area contributed by atoms with Gasteiger partial charge in [-0.1, -0.05) is 29.8 Å². The van der Waals surface area contributed by atoms with Crippen LogP contribution in [0, 0.1) is 0 Å². The van der Waals surface area contributed by atoms with Gasteiger partial charge < -0.3 is 15.5 Å². The number of rotatable bonds is 4. The van der Waals surface area contributed by atoms with E-state index in [1.807, 2.05) is 42.5 Å². The maximum Gasteiger partial charge on any atom is 0.241 e. The van der Waals surface area contributed by atoms with Gasteiger partial charge in [-0.15, -0.1) is 12.4 Å². The number of nitrogens with one attached hydrogen (secondary N) is 2. The van der Waals surface area contributed by atoms with Crippen LogP contribution in [0.5, 0.6) is 0 Å². The highest BCUT2D eigenvalue weighted by atomic mass is 35.5. The minimum atomic E-state index is -0.0989. The van der Waals surface area contributed by atoms with E-state index < -0.39 is 0 Å². The zero-order valence-corrected chi connectivity index (χ0v) is 16.3. The van der Waals surface area contributed by atoms with E-state index in [0.717, 1.165) is 41.9 Å². The van der Waals surface area contributed by atoms with Gasteiger partial charge in [0.15, 0.2) is 0 Å². The van der Waals surface area contributed by atoms with Gasteiger partial charge in [0.1, 0.15) is 0 Å². The van der Waals surface area contributed by atoms with Crippen LogP contribution in [-0.4, -0.2) is 24.4 Å². The molecule has 2 aromatic carbocycles. The highest BCUT2D eigenvalue weighted by Gasteiger charge is 2.27. The zero-order valence-electron chi connectivity index (χ0n) is 14.7. The van der Waals surface area contributed by atoms with Gasteiger partial charge in [0, 0.05) is 16.4 Å². The molecule has 2 heterocycles. The molecule has 7 heteroatoms. The SMILES string of the molecule is Cl.O=C(Nc1ccc(CN2C(=O)Cc3ccc(Cl)cc32)cc1)C1CCCN1. The van der Waals surface area contributed by atoms with Crippen LogP contribution in [0.4, 0.5) is 11.4 Å². The second-order valence-corrected chi connectivity index (χ2v) is 7.20. The number of nitrogens with zero attached hydrogens (tertiary/aromatic N) is 1. The number of benzene rings is 2. The molecule has 5 nitrogen and oxygen atoms in total. The molecule has 142 valence electrons. The average Bonchev–Trinajstić information content (AvgIpc) is 3.26. The van der Waals surface area contributed by atoms with Gasteiger partial charge in [0.25, 0.3) is 0 Å². The molecule has 4 rings (SSSR count). The summed E-state index contributed by atoms with van der Waals surface area (Å²) in [6.07, 6.45) is 2.32. The minimum absolute atomic E-state index is 0. The van der Waals surface area contributed by atoms with Crippen molar-refractivity contribution >= 4 is 47.2 Å². The van der Waals surface area contributed by atoms with Crippen LogP contribution in [0.1, 0.15) is 24.0 Å². The fourth-order valence-electron chi connectivity index (χ4n) is 3.52. The van der Waals surface area contributed by atoms with Gasteiger partial charge >= 0.3 is 0 Å². The van der Waals surface area contributed by atoms with E-state index in [0.29, 0.717) is 18.0 Å². The number of anilines is 2. The van der Waals surface area contributed by atoms with Crippen molar-refractivity contribution in [2.75, 3.05) is 16.8 Å². The van der Waals surface area contributed by atoms with Gasteiger partial charge in [-0.2, -0.15) is 0 Å². The Morgan fingerprint density at radius 3 is 2.70 bits per heavy atom. The smallest absolute Gasteiger partial charge is 0.241 e. The van der Waals surface area contributed by atoms with Crippen molar-refractivity contribution in [3.8, 4) is 0 Å². The fraction of sp³-hybridized carbons (Fsp3) is 0.300. The van der Waals surface area contributed by atoms with E-state index in [4.69, 9.17) is 11.6 Å². The zero-order chi connectivity index (χ0) is 18.1. The monoisotopic (exact) mass is 405 g/mol. The Bertz CT molecular complexity index is 849. The predicted molar refractivity (Wildman–Crippen MR) is 110 cm³/mol. The van der Waals surface area contributed by atoms with Crippen molar-refractivity contribution in [1.82, 2.24) is 5.32 Å². The molecule has 0 radical (unpaired) electrons. The van der Waals surface area contributed by atoms with Crippen molar-refractivity contribution in [2.45, 2.75) is 31.8 Å². The molecule has 27 heavy (non-hydrogen) atoms. The lowest BCUT2D eigenvalue weighted by Crippen LogP contribution is -2.35. The normalized spacial score (nSPS) is 18.2. The van der Waals surface area contributed by atoms with Gasteiger partial charge in [-0.3, -0.25) is 9.59 Å². The molecule has 0 bridgehead atoms. The Kier molecular flexibility index (Phi) is 6.05. The molecule has 0 aromatic heterocycles. The number of amides is 2. The second-order valence-electron chi connectivity index (χ2n) is 6.76. The van der Waals surface area contributed by atoms with Crippen molar-refractivity contribution in [3.05, 3.63) is 58.6 Å². The van der Waals surface area contributed by atoms with Crippen molar-refractivity contribution in [1.29, 1.82) is 0 Å². The third-order valence-electron chi connectivity index (χ3n) is 4.92. The molecule has 2 aliphatic heterocycles. The van der Waals surface area contributed by atoms with Gasteiger partial charge in [-0.25, -0.2) is 0 Å². The van der Waals surface area contributed by atoms with E-state index in [-0.39, 0.29) is 30.3 Å². The molecule has 1 unspecified atom stereocenters. The standard InChI is InChI=1S/C20H20ClN3O2.ClH/c21-15-6-5-14-10-19(25)24(18(14)11-15)12-13-3-7-16(8-4-13)23-20(26)17-2-1-9-22-17;/h3-8,11,17,22H,1-2,9-10,12H2,(H,23,26);1H. The maximum absolute atomic E-state index is 12.3. The third-order valence-corrected chi connectivity index (χ3v) is 5.15. The summed E-state index contributed by atoms with van der Waals surface area (Å²) in [6, 6.07) is 13.1. The van der Waals surface area contributed by atoms with Crippen molar-refractivity contribution < 1.29 is 9.59 Å². The molecular formula is C20H21Cl2N3O2. The summed E-state index contributed by atoms with van der Waals surface area (Å²) in [4.78, 5) is 26.2. The average molecular weight is 406 g/mol. The Hall–Kier alpha value is -2.08. The first-order valence-corrected chi connectivity index (χ1v) is 9.20. The first-order valence-electron chi connectivity index (χ1n) is 8.82. The molecule has 2 aliphatic rings. The summed E-state index contributed by atoms with van der Waals surface area (Å²) in [5, 5.41) is 6.75. The van der Waals surface area contributed by atoms with Crippen LogP contribution in [-0.2, 0) is 22.6 Å². The molecule has 0 saturated carbocycles. The number of hydrogen-bond donors (Lipinski definition) is 2.